The van der Waals surface area contributed by atoms with Gasteiger partial charge in [0, 0.05) is 24.1 Å². The van der Waals surface area contributed by atoms with Gasteiger partial charge in [0.15, 0.2) is 0 Å². The highest BCUT2D eigenvalue weighted by atomic mass is 16.5. The minimum absolute atomic E-state index is 0.237. The molecule has 0 bridgehead atoms. The first-order valence-electron chi connectivity index (χ1n) is 10.5. The zero-order chi connectivity index (χ0) is 23.2. The number of aromatic nitrogens is 2. The lowest BCUT2D eigenvalue weighted by Crippen LogP contribution is -2.13. The number of methoxy groups -OCH3 is 1. The minimum Gasteiger partial charge on any atom is -0.496 e. The number of hydrogen-bond donors (Lipinski definition) is 2. The molecule has 2 amide bonds. The SMILES string of the molecule is COc1ccccc1C(=O)Nc1ccc(Cn2cnc(C(=O)Nc3ccccc3C)c2)cc1. The smallest absolute Gasteiger partial charge is 0.275 e. The topological polar surface area (TPSA) is 85.2 Å². The summed E-state index contributed by atoms with van der Waals surface area (Å²) in [4.78, 5) is 29.3. The van der Waals surface area contributed by atoms with Crippen molar-refractivity contribution in [1.82, 2.24) is 9.55 Å². The van der Waals surface area contributed by atoms with E-state index in [9.17, 15) is 9.59 Å². The molecule has 7 nitrogen and oxygen atoms in total. The molecule has 0 unspecified atom stereocenters. The van der Waals surface area contributed by atoms with Crippen molar-refractivity contribution in [1.29, 1.82) is 0 Å². The first kappa shape index (κ1) is 21.8. The number of imidazole rings is 1. The largest absolute Gasteiger partial charge is 0.496 e. The monoisotopic (exact) mass is 440 g/mol. The van der Waals surface area contributed by atoms with Gasteiger partial charge in [0.25, 0.3) is 11.8 Å². The van der Waals surface area contributed by atoms with Gasteiger partial charge in [-0.3, -0.25) is 9.59 Å². The zero-order valence-corrected chi connectivity index (χ0v) is 18.4. The number of ether oxygens (including phenoxy) is 1. The summed E-state index contributed by atoms with van der Waals surface area (Å²) in [5.41, 5.74) is 4.26. The van der Waals surface area contributed by atoms with E-state index in [0.717, 1.165) is 16.8 Å². The normalized spacial score (nSPS) is 10.5. The molecule has 0 aliphatic heterocycles. The Morgan fingerprint density at radius 1 is 0.909 bits per heavy atom. The van der Waals surface area contributed by atoms with Crippen LogP contribution in [0.5, 0.6) is 5.75 Å². The fourth-order valence-electron chi connectivity index (χ4n) is 3.40. The molecular formula is C26H24N4O3. The van der Waals surface area contributed by atoms with Gasteiger partial charge < -0.3 is 19.9 Å². The van der Waals surface area contributed by atoms with Crippen LogP contribution in [0.3, 0.4) is 0 Å². The van der Waals surface area contributed by atoms with E-state index in [4.69, 9.17) is 4.74 Å². The van der Waals surface area contributed by atoms with Crippen molar-refractivity contribution in [3.05, 3.63) is 108 Å². The molecule has 7 heteroatoms. The second kappa shape index (κ2) is 9.82. The maximum atomic E-state index is 12.5. The molecule has 0 aliphatic carbocycles. The van der Waals surface area contributed by atoms with Crippen LogP contribution in [-0.2, 0) is 6.54 Å². The van der Waals surface area contributed by atoms with Gasteiger partial charge in [0.1, 0.15) is 11.4 Å². The highest BCUT2D eigenvalue weighted by molar-refractivity contribution is 6.06. The van der Waals surface area contributed by atoms with Crippen molar-refractivity contribution < 1.29 is 14.3 Å². The van der Waals surface area contributed by atoms with E-state index in [1.54, 1.807) is 30.7 Å². The first-order valence-corrected chi connectivity index (χ1v) is 10.5. The Hall–Kier alpha value is -4.39. The number of carbonyl (C=O) groups is 2. The summed E-state index contributed by atoms with van der Waals surface area (Å²) < 4.78 is 7.09. The summed E-state index contributed by atoms with van der Waals surface area (Å²) in [6.07, 6.45) is 3.34. The molecule has 33 heavy (non-hydrogen) atoms. The van der Waals surface area contributed by atoms with Crippen LogP contribution in [0.4, 0.5) is 11.4 Å². The number of benzene rings is 3. The van der Waals surface area contributed by atoms with Crippen LogP contribution in [0.1, 0.15) is 32.0 Å². The molecule has 0 fully saturated rings. The molecule has 4 rings (SSSR count). The van der Waals surface area contributed by atoms with Crippen molar-refractivity contribution in [3.63, 3.8) is 0 Å². The quantitative estimate of drug-likeness (QED) is 0.434. The lowest BCUT2D eigenvalue weighted by atomic mass is 10.1. The van der Waals surface area contributed by atoms with Crippen LogP contribution in [-0.4, -0.2) is 28.5 Å². The summed E-state index contributed by atoms with van der Waals surface area (Å²) in [6.45, 7) is 2.49. The fourth-order valence-corrected chi connectivity index (χ4v) is 3.40. The van der Waals surface area contributed by atoms with Crippen LogP contribution in [0, 0.1) is 6.92 Å². The number of carbonyl (C=O) groups excluding carboxylic acids is 2. The lowest BCUT2D eigenvalue weighted by molar-refractivity contribution is 0.101. The number of anilines is 2. The third-order valence-corrected chi connectivity index (χ3v) is 5.19. The van der Waals surface area contributed by atoms with Crippen molar-refractivity contribution >= 4 is 23.2 Å². The number of hydrogen-bond acceptors (Lipinski definition) is 4. The molecule has 0 atom stereocenters. The molecule has 1 heterocycles. The molecule has 0 saturated carbocycles. The van der Waals surface area contributed by atoms with Gasteiger partial charge in [0.2, 0.25) is 0 Å². The van der Waals surface area contributed by atoms with E-state index in [-0.39, 0.29) is 11.8 Å². The van der Waals surface area contributed by atoms with Gasteiger partial charge in [-0.15, -0.1) is 0 Å². The molecule has 0 saturated heterocycles. The summed E-state index contributed by atoms with van der Waals surface area (Å²) >= 11 is 0. The summed E-state index contributed by atoms with van der Waals surface area (Å²) in [7, 11) is 1.54. The average Bonchev–Trinajstić information content (AvgIpc) is 3.30. The molecule has 3 aromatic carbocycles. The van der Waals surface area contributed by atoms with E-state index in [1.807, 2.05) is 66.1 Å². The van der Waals surface area contributed by atoms with Gasteiger partial charge in [-0.2, -0.15) is 0 Å². The van der Waals surface area contributed by atoms with Crippen LogP contribution < -0.4 is 15.4 Å². The van der Waals surface area contributed by atoms with Gasteiger partial charge in [-0.05, 0) is 48.4 Å². The third kappa shape index (κ3) is 5.27. The number of amides is 2. The molecule has 0 radical (unpaired) electrons. The molecule has 0 aliphatic rings. The van der Waals surface area contributed by atoms with Crippen molar-refractivity contribution in [2.45, 2.75) is 13.5 Å². The van der Waals surface area contributed by atoms with E-state index < -0.39 is 0 Å². The second-order valence-electron chi connectivity index (χ2n) is 7.55. The minimum atomic E-state index is -0.252. The molecule has 2 N–H and O–H groups in total. The van der Waals surface area contributed by atoms with E-state index in [2.05, 4.69) is 15.6 Å². The number of nitrogens with zero attached hydrogens (tertiary/aromatic N) is 2. The standard InChI is InChI=1S/C26H24N4O3/c1-18-7-3-5-9-22(18)29-26(32)23-16-30(17-27-23)15-19-11-13-20(14-12-19)28-25(31)21-8-4-6-10-24(21)33-2/h3-14,16-17H,15H2,1-2H3,(H,28,31)(H,29,32). The number of rotatable bonds is 7. The highest BCUT2D eigenvalue weighted by Crippen LogP contribution is 2.20. The lowest BCUT2D eigenvalue weighted by Gasteiger charge is -2.10. The van der Waals surface area contributed by atoms with Crippen LogP contribution in [0.2, 0.25) is 0 Å². The maximum absolute atomic E-state index is 12.5. The first-order chi connectivity index (χ1) is 16.0. The Balaban J connectivity index is 1.37. The van der Waals surface area contributed by atoms with Crippen molar-refractivity contribution in [2.24, 2.45) is 0 Å². The summed E-state index contributed by atoms with van der Waals surface area (Å²) in [6, 6.07) is 22.2. The number of nitrogens with one attached hydrogen (secondary N) is 2. The second-order valence-corrected chi connectivity index (χ2v) is 7.55. The molecule has 166 valence electrons. The van der Waals surface area contributed by atoms with Gasteiger partial charge in [0.05, 0.1) is 19.0 Å². The van der Waals surface area contributed by atoms with Gasteiger partial charge in [-0.25, -0.2) is 4.98 Å². The third-order valence-electron chi connectivity index (χ3n) is 5.19. The Morgan fingerprint density at radius 3 is 2.39 bits per heavy atom. The molecule has 1 aromatic heterocycles. The van der Waals surface area contributed by atoms with Gasteiger partial charge in [-0.1, -0.05) is 42.5 Å². The molecule has 0 spiro atoms. The van der Waals surface area contributed by atoms with Crippen molar-refractivity contribution in [3.8, 4) is 5.75 Å². The van der Waals surface area contributed by atoms with E-state index in [1.165, 1.54) is 7.11 Å². The summed E-state index contributed by atoms with van der Waals surface area (Å²) in [5.74, 6) is 0.0329. The van der Waals surface area contributed by atoms with E-state index in [0.29, 0.717) is 29.2 Å². The molecule has 4 aromatic rings. The predicted octanol–water partition coefficient (Wildman–Crippen LogP) is 4.75. The van der Waals surface area contributed by atoms with Gasteiger partial charge >= 0.3 is 0 Å². The number of aryl methyl sites for hydroxylation is 1. The van der Waals surface area contributed by atoms with Crippen molar-refractivity contribution in [2.75, 3.05) is 17.7 Å². The number of para-hydroxylation sites is 2. The zero-order valence-electron chi connectivity index (χ0n) is 18.4. The van der Waals surface area contributed by atoms with Crippen LogP contribution in [0.25, 0.3) is 0 Å². The highest BCUT2D eigenvalue weighted by Gasteiger charge is 2.13. The maximum Gasteiger partial charge on any atom is 0.275 e. The average molecular weight is 441 g/mol. The van der Waals surface area contributed by atoms with Crippen LogP contribution >= 0.6 is 0 Å². The van der Waals surface area contributed by atoms with Crippen LogP contribution in [0.15, 0.2) is 85.3 Å². The summed E-state index contributed by atoms with van der Waals surface area (Å²) in [5, 5.41) is 5.77. The predicted molar refractivity (Wildman–Crippen MR) is 128 cm³/mol. The Kier molecular flexibility index (Phi) is 6.50. The molecular weight excluding hydrogens is 416 g/mol. The Labute approximate surface area is 192 Å². The van der Waals surface area contributed by atoms with E-state index >= 15 is 0 Å². The Morgan fingerprint density at radius 2 is 1.64 bits per heavy atom. The Bertz CT molecular complexity index is 1280. The fraction of sp³-hybridized carbons (Fsp3) is 0.115.